The van der Waals surface area contributed by atoms with E-state index in [0.717, 1.165) is 19.2 Å². The Morgan fingerprint density at radius 2 is 1.79 bits per heavy atom. The summed E-state index contributed by atoms with van der Waals surface area (Å²) in [4.78, 5) is 9.46. The number of hydrogen-bond acceptors (Lipinski definition) is 4. The molecule has 2 heterocycles. The van der Waals surface area contributed by atoms with Crippen LogP contribution in [0, 0.1) is 11.8 Å². The van der Waals surface area contributed by atoms with E-state index in [1.807, 2.05) is 4.90 Å². The number of hydrogen-bond donors (Lipinski definition) is 1. The minimum atomic E-state index is -4.46. The van der Waals surface area contributed by atoms with Crippen molar-refractivity contribution < 1.29 is 13.2 Å². The van der Waals surface area contributed by atoms with Crippen LogP contribution in [0.15, 0.2) is 6.07 Å². The molecular weight excluding hydrogens is 257 g/mol. The molecule has 0 spiro atoms. The monoisotopic (exact) mass is 274 g/mol. The third-order valence-electron chi connectivity index (χ3n) is 3.54. The maximum Gasteiger partial charge on any atom is 0.433 e. The van der Waals surface area contributed by atoms with Crippen LogP contribution in [0.3, 0.4) is 0 Å². The van der Waals surface area contributed by atoms with Crippen molar-refractivity contribution in [3.8, 4) is 0 Å². The summed E-state index contributed by atoms with van der Waals surface area (Å²) in [5, 5.41) is 2.58. The molecule has 1 aliphatic rings. The Kier molecular flexibility index (Phi) is 3.56. The molecular formula is C12H17F3N4. The van der Waals surface area contributed by atoms with E-state index >= 15 is 0 Å². The Morgan fingerprint density at radius 1 is 1.21 bits per heavy atom. The number of aromatic nitrogens is 2. The van der Waals surface area contributed by atoms with E-state index in [0.29, 0.717) is 17.7 Å². The Bertz CT molecular complexity index is 451. The third-order valence-corrected chi connectivity index (χ3v) is 3.54. The molecule has 1 aromatic heterocycles. The van der Waals surface area contributed by atoms with E-state index in [1.165, 1.54) is 7.05 Å². The van der Waals surface area contributed by atoms with Crippen molar-refractivity contribution in [2.24, 2.45) is 11.8 Å². The molecule has 0 radical (unpaired) electrons. The lowest BCUT2D eigenvalue weighted by Crippen LogP contribution is -2.23. The number of halogens is 3. The average Bonchev–Trinajstić information content (AvgIpc) is 2.68. The molecule has 7 heteroatoms. The highest BCUT2D eigenvalue weighted by Gasteiger charge is 2.35. The van der Waals surface area contributed by atoms with Crippen LogP contribution in [-0.4, -0.2) is 30.1 Å². The van der Waals surface area contributed by atoms with E-state index in [9.17, 15) is 13.2 Å². The molecule has 1 fully saturated rings. The fourth-order valence-corrected chi connectivity index (χ4v) is 2.17. The zero-order valence-electron chi connectivity index (χ0n) is 11.1. The van der Waals surface area contributed by atoms with Crippen molar-refractivity contribution in [1.82, 2.24) is 9.97 Å². The zero-order chi connectivity index (χ0) is 14.2. The molecule has 2 unspecified atom stereocenters. The minimum Gasteiger partial charge on any atom is -0.357 e. The largest absolute Gasteiger partial charge is 0.433 e. The van der Waals surface area contributed by atoms with Gasteiger partial charge in [-0.25, -0.2) is 4.98 Å². The third kappa shape index (κ3) is 2.90. The fourth-order valence-electron chi connectivity index (χ4n) is 2.17. The maximum absolute atomic E-state index is 12.8. The lowest BCUT2D eigenvalue weighted by molar-refractivity contribution is -0.141. The zero-order valence-corrected chi connectivity index (χ0v) is 11.1. The van der Waals surface area contributed by atoms with Crippen molar-refractivity contribution in [1.29, 1.82) is 0 Å². The van der Waals surface area contributed by atoms with Gasteiger partial charge < -0.3 is 10.2 Å². The molecule has 1 saturated heterocycles. The molecule has 1 N–H and O–H groups in total. The van der Waals surface area contributed by atoms with Crippen LogP contribution in [0.2, 0.25) is 0 Å². The van der Waals surface area contributed by atoms with Gasteiger partial charge in [0.15, 0.2) is 5.69 Å². The smallest absolute Gasteiger partial charge is 0.357 e. The van der Waals surface area contributed by atoms with E-state index in [1.54, 1.807) is 0 Å². The molecule has 1 aliphatic heterocycles. The number of alkyl halides is 3. The first-order valence-electron chi connectivity index (χ1n) is 6.20. The molecule has 0 bridgehead atoms. The second-order valence-electron chi connectivity index (χ2n) is 5.04. The summed E-state index contributed by atoms with van der Waals surface area (Å²) in [7, 11) is 1.51. The molecule has 1 aromatic rings. The predicted octanol–water partition coefficient (Wildman–Crippen LogP) is 2.63. The highest BCUT2D eigenvalue weighted by atomic mass is 19.4. The Balaban J connectivity index is 2.35. The van der Waals surface area contributed by atoms with Crippen LogP contribution in [0.1, 0.15) is 19.5 Å². The lowest BCUT2D eigenvalue weighted by Gasteiger charge is -2.19. The maximum atomic E-state index is 12.8. The van der Waals surface area contributed by atoms with Crippen molar-refractivity contribution in [3.05, 3.63) is 11.8 Å². The van der Waals surface area contributed by atoms with Gasteiger partial charge in [0.2, 0.25) is 5.95 Å². The van der Waals surface area contributed by atoms with Crippen LogP contribution in [0.4, 0.5) is 24.9 Å². The SMILES string of the molecule is CNc1nc(N2CC(C)C(C)C2)cc(C(F)(F)F)n1. The van der Waals surface area contributed by atoms with Gasteiger partial charge in [0.05, 0.1) is 0 Å². The highest BCUT2D eigenvalue weighted by molar-refractivity contribution is 5.46. The van der Waals surface area contributed by atoms with Gasteiger partial charge in [-0.2, -0.15) is 18.2 Å². The van der Waals surface area contributed by atoms with Crippen LogP contribution < -0.4 is 10.2 Å². The Hall–Kier alpha value is -1.53. The van der Waals surface area contributed by atoms with Gasteiger partial charge in [-0.15, -0.1) is 0 Å². The van der Waals surface area contributed by atoms with Crippen LogP contribution in [0.5, 0.6) is 0 Å². The van der Waals surface area contributed by atoms with Gasteiger partial charge in [-0.1, -0.05) is 13.8 Å². The number of nitrogens with one attached hydrogen (secondary N) is 1. The molecule has 4 nitrogen and oxygen atoms in total. The topological polar surface area (TPSA) is 41.1 Å². The summed E-state index contributed by atoms with van der Waals surface area (Å²) >= 11 is 0. The van der Waals surface area contributed by atoms with Gasteiger partial charge >= 0.3 is 6.18 Å². The van der Waals surface area contributed by atoms with Crippen LogP contribution in [0.25, 0.3) is 0 Å². The van der Waals surface area contributed by atoms with Crippen molar-refractivity contribution in [2.75, 3.05) is 30.4 Å². The molecule has 2 atom stereocenters. The fraction of sp³-hybridized carbons (Fsp3) is 0.667. The second-order valence-corrected chi connectivity index (χ2v) is 5.04. The molecule has 106 valence electrons. The van der Waals surface area contributed by atoms with Gasteiger partial charge in [-0.3, -0.25) is 0 Å². The summed E-state index contributed by atoms with van der Waals surface area (Å²) in [5.41, 5.74) is -0.908. The summed E-state index contributed by atoms with van der Waals surface area (Å²) < 4.78 is 38.4. The molecule has 0 aromatic carbocycles. The minimum absolute atomic E-state index is 0.00275. The molecule has 19 heavy (non-hydrogen) atoms. The second kappa shape index (κ2) is 4.86. The predicted molar refractivity (Wildman–Crippen MR) is 67.1 cm³/mol. The summed E-state index contributed by atoms with van der Waals surface area (Å²) in [5.74, 6) is 1.23. The number of anilines is 2. The van der Waals surface area contributed by atoms with Gasteiger partial charge in [-0.05, 0) is 11.8 Å². The van der Waals surface area contributed by atoms with Crippen LogP contribution in [-0.2, 0) is 6.18 Å². The van der Waals surface area contributed by atoms with Gasteiger partial charge in [0.25, 0.3) is 0 Å². The summed E-state index contributed by atoms with van der Waals surface area (Å²) in [6.07, 6.45) is -4.46. The number of rotatable bonds is 2. The van der Waals surface area contributed by atoms with Crippen LogP contribution >= 0.6 is 0 Å². The van der Waals surface area contributed by atoms with Crippen molar-refractivity contribution in [3.63, 3.8) is 0 Å². The van der Waals surface area contributed by atoms with Gasteiger partial charge in [0, 0.05) is 26.2 Å². The van der Waals surface area contributed by atoms with E-state index in [-0.39, 0.29) is 5.95 Å². The first kappa shape index (κ1) is 13.9. The molecule has 0 aliphatic carbocycles. The number of nitrogens with zero attached hydrogens (tertiary/aromatic N) is 3. The molecule has 0 saturated carbocycles. The normalized spacial score (nSPS) is 23.8. The average molecular weight is 274 g/mol. The van der Waals surface area contributed by atoms with E-state index < -0.39 is 11.9 Å². The van der Waals surface area contributed by atoms with E-state index in [2.05, 4.69) is 29.1 Å². The first-order valence-corrected chi connectivity index (χ1v) is 6.20. The molecule has 2 rings (SSSR count). The van der Waals surface area contributed by atoms with Crippen molar-refractivity contribution >= 4 is 11.8 Å². The summed E-state index contributed by atoms with van der Waals surface area (Å²) in [6.45, 7) is 5.63. The van der Waals surface area contributed by atoms with Crippen molar-refractivity contribution in [2.45, 2.75) is 20.0 Å². The first-order chi connectivity index (χ1) is 8.81. The highest BCUT2D eigenvalue weighted by Crippen LogP contribution is 2.32. The Labute approximate surface area is 110 Å². The lowest BCUT2D eigenvalue weighted by atomic mass is 10.0. The molecule has 0 amide bonds. The summed E-state index contributed by atoms with van der Waals surface area (Å²) in [6, 6.07) is 1.02. The Morgan fingerprint density at radius 3 is 2.26 bits per heavy atom. The van der Waals surface area contributed by atoms with E-state index in [4.69, 9.17) is 0 Å². The quantitative estimate of drug-likeness (QED) is 0.900. The standard InChI is InChI=1S/C12H17F3N4/c1-7-5-19(6-8(7)2)10-4-9(12(13,14)15)17-11(16-3)18-10/h4,7-8H,5-6H2,1-3H3,(H,16,17,18). The van der Waals surface area contributed by atoms with Gasteiger partial charge in [0.1, 0.15) is 5.82 Å².